The molecule has 8 nitrogen and oxygen atoms in total. The van der Waals surface area contributed by atoms with E-state index in [9.17, 15) is 0 Å². The second-order valence-electron chi connectivity index (χ2n) is 8.67. The zero-order valence-electron chi connectivity index (χ0n) is 19.3. The molecule has 6 aromatic rings. The highest BCUT2D eigenvalue weighted by Crippen LogP contribution is 2.32. The van der Waals surface area contributed by atoms with E-state index in [4.69, 9.17) is 20.3 Å². The molecule has 0 unspecified atom stereocenters. The number of oxazole rings is 2. The summed E-state index contributed by atoms with van der Waals surface area (Å²) in [5, 5.41) is 0. The molecular weight excluding hydrogens is 452 g/mol. The fraction of sp³-hybridized carbons (Fsp3) is 0.0714. The van der Waals surface area contributed by atoms with E-state index in [2.05, 4.69) is 26.5 Å². The molecule has 0 radical (unpaired) electrons. The van der Waals surface area contributed by atoms with E-state index in [1.54, 1.807) is 24.8 Å². The summed E-state index contributed by atoms with van der Waals surface area (Å²) >= 11 is 0. The van der Waals surface area contributed by atoms with Gasteiger partial charge in [0.1, 0.15) is 11.0 Å². The van der Waals surface area contributed by atoms with Crippen LogP contribution in [0.25, 0.3) is 45.1 Å². The number of rotatable bonds is 6. The lowest BCUT2D eigenvalue weighted by Gasteiger charge is -2.09. The summed E-state index contributed by atoms with van der Waals surface area (Å²) in [4.78, 5) is 17.4. The van der Waals surface area contributed by atoms with Gasteiger partial charge in [0.2, 0.25) is 11.8 Å². The zero-order chi connectivity index (χ0) is 24.6. The number of anilines is 2. The van der Waals surface area contributed by atoms with Gasteiger partial charge in [0, 0.05) is 58.4 Å². The number of nitrogen functional groups attached to an aromatic ring is 2. The van der Waals surface area contributed by atoms with E-state index in [1.165, 1.54) is 0 Å². The summed E-state index contributed by atoms with van der Waals surface area (Å²) in [7, 11) is 0. The van der Waals surface area contributed by atoms with Crippen molar-refractivity contribution in [2.24, 2.45) is 0 Å². The summed E-state index contributed by atoms with van der Waals surface area (Å²) in [5.41, 5.74) is 20.9. The molecule has 6 rings (SSSR count). The molecule has 0 atom stereocenters. The lowest BCUT2D eigenvalue weighted by atomic mass is 9.98. The molecule has 0 amide bonds. The molecule has 0 saturated heterocycles. The van der Waals surface area contributed by atoms with E-state index in [0.29, 0.717) is 58.2 Å². The molecule has 4 heterocycles. The number of benzene rings is 2. The van der Waals surface area contributed by atoms with Crippen LogP contribution in [0.3, 0.4) is 0 Å². The Morgan fingerprint density at radius 2 is 1.08 bits per heavy atom. The first-order valence-corrected chi connectivity index (χ1v) is 11.4. The van der Waals surface area contributed by atoms with E-state index in [-0.39, 0.29) is 0 Å². The average molecular weight is 475 g/mol. The molecule has 0 aliphatic rings. The quantitative estimate of drug-likeness (QED) is 0.236. The predicted molar refractivity (Wildman–Crippen MR) is 140 cm³/mol. The van der Waals surface area contributed by atoms with Crippen LogP contribution < -0.4 is 11.5 Å². The summed E-state index contributed by atoms with van der Waals surface area (Å²) in [6, 6.07) is 14.9. The van der Waals surface area contributed by atoms with Crippen molar-refractivity contribution in [2.75, 3.05) is 11.5 Å². The van der Waals surface area contributed by atoms with Gasteiger partial charge in [-0.1, -0.05) is 12.2 Å². The molecule has 0 bridgehead atoms. The van der Waals surface area contributed by atoms with Crippen LogP contribution >= 0.6 is 0 Å². The van der Waals surface area contributed by atoms with Gasteiger partial charge in [-0.15, -0.1) is 0 Å². The number of nitrogens with zero attached hydrogens (tertiary/aromatic N) is 4. The molecule has 0 saturated carbocycles. The molecular formula is C28H22N6O2. The summed E-state index contributed by atoms with van der Waals surface area (Å²) < 4.78 is 12.3. The molecule has 8 heteroatoms. The van der Waals surface area contributed by atoms with Crippen LogP contribution in [-0.4, -0.2) is 19.9 Å². The Morgan fingerprint density at radius 3 is 1.50 bits per heavy atom. The highest BCUT2D eigenvalue weighted by atomic mass is 16.4. The third-order valence-corrected chi connectivity index (χ3v) is 5.91. The van der Waals surface area contributed by atoms with Crippen molar-refractivity contribution in [3.05, 3.63) is 96.6 Å². The molecule has 176 valence electrons. The smallest absolute Gasteiger partial charge is 0.227 e. The monoisotopic (exact) mass is 474 g/mol. The van der Waals surface area contributed by atoms with Crippen LogP contribution in [0.4, 0.5) is 11.4 Å². The van der Waals surface area contributed by atoms with Gasteiger partial charge in [0.25, 0.3) is 0 Å². The van der Waals surface area contributed by atoms with Crippen molar-refractivity contribution in [1.82, 2.24) is 19.9 Å². The standard InChI is InChI=1S/C28H22N6O2/c1-16(10-19-12-21(29)14-23-25(19)35-27(33-23)17-2-6-31-7-3-17)11-20-13-22(30)15-24-26(20)36-28(34-24)18-4-8-32-9-5-18/h2-9,12-15H,1,10-11,29-30H2. The fourth-order valence-electron chi connectivity index (χ4n) is 4.35. The second kappa shape index (κ2) is 8.66. The number of pyridine rings is 2. The van der Waals surface area contributed by atoms with Crippen LogP contribution in [0.1, 0.15) is 11.1 Å². The van der Waals surface area contributed by atoms with Crippen molar-refractivity contribution < 1.29 is 8.83 Å². The van der Waals surface area contributed by atoms with Gasteiger partial charge in [-0.2, -0.15) is 0 Å². The average Bonchev–Trinajstić information content (AvgIpc) is 3.50. The van der Waals surface area contributed by atoms with E-state index in [0.717, 1.165) is 27.8 Å². The molecule has 0 aliphatic heterocycles. The van der Waals surface area contributed by atoms with Crippen LogP contribution in [0.2, 0.25) is 0 Å². The van der Waals surface area contributed by atoms with Gasteiger partial charge >= 0.3 is 0 Å². The SMILES string of the molecule is C=C(Cc1cc(N)cc2nc(-c3ccncc3)oc12)Cc1cc(N)cc2nc(-c3ccncc3)oc12. The molecule has 4 N–H and O–H groups in total. The Hall–Kier alpha value is -4.98. The topological polar surface area (TPSA) is 130 Å². The van der Waals surface area contributed by atoms with Crippen molar-refractivity contribution in [1.29, 1.82) is 0 Å². The third kappa shape index (κ3) is 4.05. The number of aromatic nitrogens is 4. The van der Waals surface area contributed by atoms with Crippen molar-refractivity contribution in [2.45, 2.75) is 12.8 Å². The Labute approximate surface area is 206 Å². The molecule has 0 spiro atoms. The van der Waals surface area contributed by atoms with E-state index < -0.39 is 0 Å². The minimum absolute atomic E-state index is 0.521. The van der Waals surface area contributed by atoms with Crippen LogP contribution in [-0.2, 0) is 12.8 Å². The second-order valence-corrected chi connectivity index (χ2v) is 8.67. The Morgan fingerprint density at radius 1 is 0.667 bits per heavy atom. The lowest BCUT2D eigenvalue weighted by Crippen LogP contribution is -1.98. The molecule has 2 aromatic carbocycles. The normalized spacial score (nSPS) is 11.3. The fourth-order valence-corrected chi connectivity index (χ4v) is 4.35. The van der Waals surface area contributed by atoms with Gasteiger partial charge in [-0.3, -0.25) is 9.97 Å². The highest BCUT2D eigenvalue weighted by Gasteiger charge is 2.17. The number of hydrogen-bond acceptors (Lipinski definition) is 8. The Kier molecular flexibility index (Phi) is 5.19. The highest BCUT2D eigenvalue weighted by molar-refractivity contribution is 5.84. The third-order valence-electron chi connectivity index (χ3n) is 5.91. The van der Waals surface area contributed by atoms with Gasteiger partial charge in [0.15, 0.2) is 11.2 Å². The molecule has 0 aliphatic carbocycles. The lowest BCUT2D eigenvalue weighted by molar-refractivity contribution is 0.614. The van der Waals surface area contributed by atoms with Crippen molar-refractivity contribution in [3.8, 4) is 22.9 Å². The molecule has 36 heavy (non-hydrogen) atoms. The number of fused-ring (bicyclic) bond motifs is 2. The van der Waals surface area contributed by atoms with Crippen LogP contribution in [0, 0.1) is 0 Å². The maximum atomic E-state index is 6.19. The Balaban J connectivity index is 1.32. The van der Waals surface area contributed by atoms with Gasteiger partial charge < -0.3 is 20.3 Å². The van der Waals surface area contributed by atoms with Crippen molar-refractivity contribution in [3.63, 3.8) is 0 Å². The molecule has 0 fully saturated rings. The van der Waals surface area contributed by atoms with Crippen LogP contribution in [0.15, 0.2) is 94.3 Å². The van der Waals surface area contributed by atoms with Gasteiger partial charge in [0.05, 0.1) is 0 Å². The number of allylic oxidation sites excluding steroid dienone is 1. The molecule has 4 aromatic heterocycles. The Bertz CT molecular complexity index is 1590. The van der Waals surface area contributed by atoms with Gasteiger partial charge in [-0.25, -0.2) is 9.97 Å². The maximum absolute atomic E-state index is 6.19. The summed E-state index contributed by atoms with van der Waals surface area (Å²) in [6.45, 7) is 4.33. The first-order valence-electron chi connectivity index (χ1n) is 11.4. The first kappa shape index (κ1) is 21.5. The number of hydrogen-bond donors (Lipinski definition) is 2. The van der Waals surface area contributed by atoms with E-state index in [1.807, 2.05) is 48.5 Å². The minimum atomic E-state index is 0.521. The van der Waals surface area contributed by atoms with Crippen molar-refractivity contribution >= 4 is 33.6 Å². The zero-order valence-corrected chi connectivity index (χ0v) is 19.3. The summed E-state index contributed by atoms with van der Waals surface area (Å²) in [5.74, 6) is 1.04. The van der Waals surface area contributed by atoms with Gasteiger partial charge in [-0.05, 0) is 61.4 Å². The predicted octanol–water partition coefficient (Wildman–Crippen LogP) is 5.60. The number of nitrogens with two attached hydrogens (primary N) is 2. The van der Waals surface area contributed by atoms with Crippen LogP contribution in [0.5, 0.6) is 0 Å². The minimum Gasteiger partial charge on any atom is -0.436 e. The first-order chi connectivity index (χ1) is 17.5. The van der Waals surface area contributed by atoms with E-state index >= 15 is 0 Å². The maximum Gasteiger partial charge on any atom is 0.227 e. The largest absolute Gasteiger partial charge is 0.436 e. The summed E-state index contributed by atoms with van der Waals surface area (Å²) in [6.07, 6.45) is 7.92.